The molecule has 0 amide bonds. The molecule has 0 radical (unpaired) electrons. The topological polar surface area (TPSA) is 58.6 Å². The van der Waals surface area contributed by atoms with Gasteiger partial charge < -0.3 is 10.1 Å². The van der Waals surface area contributed by atoms with Crippen LogP contribution in [-0.2, 0) is 22.9 Å². The number of rotatable bonds is 4. The Bertz CT molecular complexity index is 652. The van der Waals surface area contributed by atoms with Gasteiger partial charge in [0.2, 0.25) is 10.0 Å². The second-order valence-corrected chi connectivity index (χ2v) is 8.66. The van der Waals surface area contributed by atoms with Crippen molar-refractivity contribution < 1.29 is 13.2 Å². The molecule has 0 saturated carbocycles. The fourth-order valence-corrected chi connectivity index (χ4v) is 4.56. The maximum atomic E-state index is 11.6. The Morgan fingerprint density at radius 3 is 2.52 bits per heavy atom. The molecule has 1 aromatic carbocycles. The van der Waals surface area contributed by atoms with Crippen molar-refractivity contribution in [2.75, 3.05) is 26.5 Å². The van der Waals surface area contributed by atoms with E-state index >= 15 is 0 Å². The third kappa shape index (κ3) is 4.05. The first-order valence-electron chi connectivity index (χ1n) is 8.32. The van der Waals surface area contributed by atoms with Gasteiger partial charge in [-0.25, -0.2) is 12.7 Å². The molecule has 1 atom stereocenters. The van der Waals surface area contributed by atoms with Crippen molar-refractivity contribution >= 4 is 10.0 Å². The summed E-state index contributed by atoms with van der Waals surface area (Å²) in [6.07, 6.45) is 6.36. The van der Waals surface area contributed by atoms with Gasteiger partial charge in [-0.1, -0.05) is 6.07 Å². The number of piperidine rings is 1. The molecule has 3 rings (SSSR count). The number of benzene rings is 1. The Morgan fingerprint density at radius 1 is 1.13 bits per heavy atom. The summed E-state index contributed by atoms with van der Waals surface area (Å²) in [6.45, 7) is 1.27. The molecule has 1 aliphatic heterocycles. The molecule has 0 unspecified atom stereocenters. The van der Waals surface area contributed by atoms with Crippen molar-refractivity contribution in [2.24, 2.45) is 0 Å². The van der Waals surface area contributed by atoms with Gasteiger partial charge in [-0.05, 0) is 55.4 Å². The zero-order chi connectivity index (χ0) is 16.4. The fourth-order valence-electron chi connectivity index (χ4n) is 3.69. The molecule has 128 valence electrons. The number of ether oxygens (including phenoxy) is 1. The van der Waals surface area contributed by atoms with E-state index in [1.807, 2.05) is 6.07 Å². The van der Waals surface area contributed by atoms with Gasteiger partial charge in [-0.2, -0.15) is 0 Å². The lowest BCUT2D eigenvalue weighted by molar-refractivity contribution is 0.267. The van der Waals surface area contributed by atoms with Gasteiger partial charge in [0.15, 0.2) is 0 Å². The van der Waals surface area contributed by atoms with Crippen LogP contribution in [0.25, 0.3) is 0 Å². The van der Waals surface area contributed by atoms with Crippen LogP contribution in [0.4, 0.5) is 0 Å². The second-order valence-electron chi connectivity index (χ2n) is 6.68. The van der Waals surface area contributed by atoms with Crippen LogP contribution in [0.15, 0.2) is 18.2 Å². The summed E-state index contributed by atoms with van der Waals surface area (Å²) in [5, 5.41) is 3.75. The standard InChI is InChI=1S/C17H26N2O3S/c1-22-17-6-4-13-3-5-16(11-14(13)12-17)18-15-7-9-19(10-8-15)23(2,20)21/h4,6,12,15-16,18H,3,5,7-11H2,1-2H3/t16-/m0/s1. The maximum Gasteiger partial charge on any atom is 0.211 e. The number of methoxy groups -OCH3 is 1. The Labute approximate surface area is 139 Å². The minimum Gasteiger partial charge on any atom is -0.497 e. The number of nitrogens with one attached hydrogen (secondary N) is 1. The van der Waals surface area contributed by atoms with Gasteiger partial charge in [-0.3, -0.25) is 0 Å². The highest BCUT2D eigenvalue weighted by molar-refractivity contribution is 7.88. The second kappa shape index (κ2) is 6.79. The minimum absolute atomic E-state index is 0.421. The van der Waals surface area contributed by atoms with Crippen LogP contribution in [0.2, 0.25) is 0 Å². The number of hydrogen-bond acceptors (Lipinski definition) is 4. The van der Waals surface area contributed by atoms with Gasteiger partial charge in [0, 0.05) is 25.2 Å². The molecule has 0 spiro atoms. The Kier molecular flexibility index (Phi) is 4.94. The molecule has 1 N–H and O–H groups in total. The first-order chi connectivity index (χ1) is 11.0. The third-order valence-corrected chi connectivity index (χ3v) is 6.34. The molecular formula is C17H26N2O3S. The summed E-state index contributed by atoms with van der Waals surface area (Å²) in [7, 11) is -1.33. The zero-order valence-corrected chi connectivity index (χ0v) is 14.7. The summed E-state index contributed by atoms with van der Waals surface area (Å²) < 4.78 is 30.1. The van der Waals surface area contributed by atoms with Crippen LogP contribution in [0.3, 0.4) is 0 Å². The molecule has 2 aliphatic rings. The number of nitrogens with zero attached hydrogens (tertiary/aromatic N) is 1. The van der Waals surface area contributed by atoms with Gasteiger partial charge >= 0.3 is 0 Å². The summed E-state index contributed by atoms with van der Waals surface area (Å²) in [5.74, 6) is 0.922. The van der Waals surface area contributed by atoms with E-state index < -0.39 is 10.0 Å². The highest BCUT2D eigenvalue weighted by atomic mass is 32.2. The Balaban J connectivity index is 1.56. The predicted octanol–water partition coefficient (Wildman–Crippen LogP) is 1.57. The zero-order valence-electron chi connectivity index (χ0n) is 13.9. The summed E-state index contributed by atoms with van der Waals surface area (Å²) in [5.41, 5.74) is 2.80. The third-order valence-electron chi connectivity index (χ3n) is 5.04. The number of fused-ring (bicyclic) bond motifs is 1. The molecule has 1 fully saturated rings. The van der Waals surface area contributed by atoms with E-state index in [0.29, 0.717) is 25.2 Å². The molecule has 6 heteroatoms. The number of sulfonamides is 1. The summed E-state index contributed by atoms with van der Waals surface area (Å²) in [4.78, 5) is 0. The molecule has 1 aromatic rings. The van der Waals surface area contributed by atoms with Crippen molar-refractivity contribution in [3.05, 3.63) is 29.3 Å². The van der Waals surface area contributed by atoms with Crippen LogP contribution in [0.1, 0.15) is 30.4 Å². The molecule has 1 saturated heterocycles. The molecule has 1 aliphatic carbocycles. The molecule has 1 heterocycles. The summed E-state index contributed by atoms with van der Waals surface area (Å²) in [6, 6.07) is 7.26. The van der Waals surface area contributed by atoms with Gasteiger partial charge in [-0.15, -0.1) is 0 Å². The lowest BCUT2D eigenvalue weighted by Gasteiger charge is -2.35. The largest absolute Gasteiger partial charge is 0.497 e. The maximum absolute atomic E-state index is 11.6. The van der Waals surface area contributed by atoms with Crippen LogP contribution < -0.4 is 10.1 Å². The summed E-state index contributed by atoms with van der Waals surface area (Å²) >= 11 is 0. The molecule has 23 heavy (non-hydrogen) atoms. The molecule has 0 aromatic heterocycles. The number of aryl methyl sites for hydroxylation is 1. The van der Waals surface area contributed by atoms with E-state index in [0.717, 1.165) is 37.9 Å². The van der Waals surface area contributed by atoms with Gasteiger partial charge in [0.25, 0.3) is 0 Å². The van der Waals surface area contributed by atoms with Crippen LogP contribution in [-0.4, -0.2) is 51.3 Å². The lowest BCUT2D eigenvalue weighted by atomic mass is 9.87. The average Bonchev–Trinajstić information content (AvgIpc) is 2.54. The first-order valence-corrected chi connectivity index (χ1v) is 10.2. The van der Waals surface area contributed by atoms with Crippen LogP contribution in [0.5, 0.6) is 5.75 Å². The van der Waals surface area contributed by atoms with Crippen molar-refractivity contribution in [2.45, 2.75) is 44.2 Å². The van der Waals surface area contributed by atoms with E-state index in [1.165, 1.54) is 17.4 Å². The van der Waals surface area contributed by atoms with Gasteiger partial charge in [0.1, 0.15) is 5.75 Å². The van der Waals surface area contributed by atoms with E-state index in [4.69, 9.17) is 4.74 Å². The van der Waals surface area contributed by atoms with Crippen molar-refractivity contribution in [1.82, 2.24) is 9.62 Å². The van der Waals surface area contributed by atoms with Crippen molar-refractivity contribution in [3.63, 3.8) is 0 Å². The van der Waals surface area contributed by atoms with Crippen molar-refractivity contribution in [1.29, 1.82) is 0 Å². The fraction of sp³-hybridized carbons (Fsp3) is 0.647. The first kappa shape index (κ1) is 16.7. The normalized spacial score (nSPS) is 23.5. The minimum atomic E-state index is -3.04. The Hall–Kier alpha value is -1.11. The molecule has 0 bridgehead atoms. The highest BCUT2D eigenvalue weighted by Gasteiger charge is 2.27. The number of hydrogen-bond donors (Lipinski definition) is 1. The Morgan fingerprint density at radius 2 is 1.87 bits per heavy atom. The van der Waals surface area contributed by atoms with E-state index in [1.54, 1.807) is 11.4 Å². The van der Waals surface area contributed by atoms with E-state index in [-0.39, 0.29) is 0 Å². The average molecular weight is 338 g/mol. The van der Waals surface area contributed by atoms with Crippen LogP contribution in [0, 0.1) is 0 Å². The molecule has 5 nitrogen and oxygen atoms in total. The van der Waals surface area contributed by atoms with E-state index in [2.05, 4.69) is 17.4 Å². The predicted molar refractivity (Wildman–Crippen MR) is 91.4 cm³/mol. The quantitative estimate of drug-likeness (QED) is 0.905. The molecular weight excluding hydrogens is 312 g/mol. The monoisotopic (exact) mass is 338 g/mol. The SMILES string of the molecule is COc1ccc2c(c1)C[C@@H](NC1CCN(S(C)(=O)=O)CC1)CC2. The smallest absolute Gasteiger partial charge is 0.211 e. The van der Waals surface area contributed by atoms with E-state index in [9.17, 15) is 8.42 Å². The van der Waals surface area contributed by atoms with Crippen molar-refractivity contribution in [3.8, 4) is 5.75 Å². The lowest BCUT2D eigenvalue weighted by Crippen LogP contribution is -2.48. The van der Waals surface area contributed by atoms with Gasteiger partial charge in [0.05, 0.1) is 13.4 Å². The van der Waals surface area contributed by atoms with Crippen LogP contribution >= 0.6 is 0 Å². The highest BCUT2D eigenvalue weighted by Crippen LogP contribution is 2.26.